The lowest BCUT2D eigenvalue weighted by Crippen LogP contribution is -2.28. The predicted octanol–water partition coefficient (Wildman–Crippen LogP) is 4.17. The normalized spacial score (nSPS) is 16.4. The van der Waals surface area contributed by atoms with Crippen LogP contribution in [-0.4, -0.2) is 20.4 Å². The van der Waals surface area contributed by atoms with Crippen LogP contribution in [0.2, 0.25) is 0 Å². The molecule has 0 spiro atoms. The second kappa shape index (κ2) is 5.00. The van der Waals surface area contributed by atoms with E-state index in [1.165, 1.54) is 5.56 Å². The number of hydrogen-bond acceptors (Lipinski definition) is 3. The summed E-state index contributed by atoms with van der Waals surface area (Å²) in [5, 5.41) is 4.59. The Morgan fingerprint density at radius 2 is 1.79 bits per heavy atom. The van der Waals surface area contributed by atoms with Gasteiger partial charge in [-0.25, -0.2) is 9.50 Å². The van der Waals surface area contributed by atoms with Crippen LogP contribution >= 0.6 is 0 Å². The van der Waals surface area contributed by atoms with Crippen molar-refractivity contribution in [2.45, 2.75) is 40.5 Å². The molecule has 0 bridgehead atoms. The molecule has 0 unspecified atom stereocenters. The number of carbonyl (C=O) groups excluding carboxylic acids is 1. The van der Waals surface area contributed by atoms with Crippen molar-refractivity contribution in [3.63, 3.8) is 0 Å². The minimum absolute atomic E-state index is 0.0332. The number of ketones is 1. The molecular weight excluding hydrogens is 298 g/mol. The van der Waals surface area contributed by atoms with Gasteiger partial charge in [-0.3, -0.25) is 4.79 Å². The highest BCUT2D eigenvalue weighted by molar-refractivity contribution is 5.98. The number of aryl methyl sites for hydroxylation is 2. The third-order valence-corrected chi connectivity index (χ3v) is 4.79. The summed E-state index contributed by atoms with van der Waals surface area (Å²) in [5.41, 5.74) is 6.74. The van der Waals surface area contributed by atoms with Crippen molar-refractivity contribution in [2.75, 3.05) is 0 Å². The van der Waals surface area contributed by atoms with Gasteiger partial charge in [0.05, 0.1) is 17.0 Å². The fourth-order valence-corrected chi connectivity index (χ4v) is 3.59. The van der Waals surface area contributed by atoms with Crippen LogP contribution in [-0.2, 0) is 6.42 Å². The number of Topliss-reactive ketones (excluding diaryl/α,β-unsaturated/α-hetero) is 1. The van der Waals surface area contributed by atoms with Crippen LogP contribution in [0.15, 0.2) is 30.5 Å². The molecule has 4 nitrogen and oxygen atoms in total. The number of benzene rings is 1. The molecule has 0 atom stereocenters. The van der Waals surface area contributed by atoms with Gasteiger partial charge < -0.3 is 0 Å². The summed E-state index contributed by atoms with van der Waals surface area (Å²) in [6.07, 6.45) is 3.25. The van der Waals surface area contributed by atoms with Crippen molar-refractivity contribution in [1.82, 2.24) is 14.6 Å². The van der Waals surface area contributed by atoms with E-state index >= 15 is 0 Å². The van der Waals surface area contributed by atoms with E-state index in [2.05, 4.69) is 50.1 Å². The maximum absolute atomic E-state index is 12.5. The number of carbonyl (C=O) groups is 1. The first kappa shape index (κ1) is 15.1. The molecule has 2 aromatic heterocycles. The zero-order valence-electron chi connectivity index (χ0n) is 14.6. The van der Waals surface area contributed by atoms with Crippen molar-refractivity contribution in [3.05, 3.63) is 53.0 Å². The summed E-state index contributed by atoms with van der Waals surface area (Å²) in [6, 6.07) is 8.41. The number of aromatic nitrogens is 3. The van der Waals surface area contributed by atoms with Gasteiger partial charge in [-0.15, -0.1) is 0 Å². The Bertz CT molecular complexity index is 965. The van der Waals surface area contributed by atoms with Crippen molar-refractivity contribution in [2.24, 2.45) is 5.41 Å². The lowest BCUT2D eigenvalue weighted by molar-refractivity contribution is 0.0909. The Kier molecular flexibility index (Phi) is 3.14. The Balaban J connectivity index is 1.95. The van der Waals surface area contributed by atoms with Gasteiger partial charge in [0.2, 0.25) is 0 Å². The quantitative estimate of drug-likeness (QED) is 0.676. The van der Waals surface area contributed by atoms with E-state index in [0.29, 0.717) is 6.42 Å². The average molecular weight is 319 g/mol. The van der Waals surface area contributed by atoms with Crippen LogP contribution in [0.5, 0.6) is 0 Å². The summed E-state index contributed by atoms with van der Waals surface area (Å²) < 4.78 is 1.76. The Morgan fingerprint density at radius 3 is 2.50 bits per heavy atom. The van der Waals surface area contributed by atoms with E-state index < -0.39 is 0 Å². The highest BCUT2D eigenvalue weighted by Gasteiger charge is 2.33. The molecule has 3 aromatic rings. The average Bonchev–Trinajstić information content (AvgIpc) is 2.80. The van der Waals surface area contributed by atoms with Gasteiger partial charge in [-0.1, -0.05) is 43.7 Å². The topological polar surface area (TPSA) is 47.3 Å². The fraction of sp³-hybridized carbons (Fsp3) is 0.350. The molecule has 0 saturated carbocycles. The lowest BCUT2D eigenvalue weighted by Gasteiger charge is -2.29. The molecule has 24 heavy (non-hydrogen) atoms. The maximum atomic E-state index is 12.5. The minimum atomic E-state index is -0.0332. The minimum Gasteiger partial charge on any atom is -0.294 e. The SMILES string of the molecule is Cc1ccc(-c2c(C)nn3cc4c(nc23)CC(C)(C)CC4=O)cc1. The standard InChI is InChI=1S/C20H21N3O/c1-12-5-7-14(8-6-12)18-13(2)22-23-11-15-16(21-19(18)23)9-20(3,4)10-17(15)24/h5-8,11H,9-10H2,1-4H3. The first-order valence-corrected chi connectivity index (χ1v) is 8.33. The van der Waals surface area contributed by atoms with E-state index in [1.54, 1.807) is 4.52 Å². The predicted molar refractivity (Wildman–Crippen MR) is 94.3 cm³/mol. The molecule has 4 heteroatoms. The molecule has 1 aliphatic carbocycles. The van der Waals surface area contributed by atoms with Crippen molar-refractivity contribution < 1.29 is 4.79 Å². The molecule has 0 amide bonds. The third-order valence-electron chi connectivity index (χ3n) is 4.79. The van der Waals surface area contributed by atoms with Gasteiger partial charge in [0.15, 0.2) is 11.4 Å². The Labute approximate surface area is 141 Å². The van der Waals surface area contributed by atoms with E-state index in [1.807, 2.05) is 13.1 Å². The van der Waals surface area contributed by atoms with Gasteiger partial charge in [-0.05, 0) is 31.2 Å². The summed E-state index contributed by atoms with van der Waals surface area (Å²) >= 11 is 0. The van der Waals surface area contributed by atoms with Crippen LogP contribution < -0.4 is 0 Å². The molecule has 0 N–H and O–H groups in total. The van der Waals surface area contributed by atoms with Crippen LogP contribution in [0, 0.1) is 19.3 Å². The molecule has 0 saturated heterocycles. The summed E-state index contributed by atoms with van der Waals surface area (Å²) in [5.74, 6) is 0.167. The Morgan fingerprint density at radius 1 is 1.08 bits per heavy atom. The highest BCUT2D eigenvalue weighted by Crippen LogP contribution is 2.35. The van der Waals surface area contributed by atoms with E-state index in [-0.39, 0.29) is 11.2 Å². The third kappa shape index (κ3) is 2.33. The van der Waals surface area contributed by atoms with E-state index in [9.17, 15) is 4.79 Å². The number of rotatable bonds is 1. The van der Waals surface area contributed by atoms with Gasteiger partial charge in [0.25, 0.3) is 0 Å². The summed E-state index contributed by atoms with van der Waals surface area (Å²) in [4.78, 5) is 17.3. The second-order valence-corrected chi connectivity index (χ2v) is 7.64. The highest BCUT2D eigenvalue weighted by atomic mass is 16.1. The van der Waals surface area contributed by atoms with E-state index in [4.69, 9.17) is 4.98 Å². The van der Waals surface area contributed by atoms with Crippen molar-refractivity contribution in [1.29, 1.82) is 0 Å². The molecule has 0 fully saturated rings. The molecule has 4 rings (SSSR count). The van der Waals surface area contributed by atoms with Gasteiger partial charge in [0, 0.05) is 18.2 Å². The summed E-state index contributed by atoms with van der Waals surface area (Å²) in [7, 11) is 0. The van der Waals surface area contributed by atoms with Crippen molar-refractivity contribution >= 4 is 11.4 Å². The van der Waals surface area contributed by atoms with Crippen LogP contribution in [0.25, 0.3) is 16.8 Å². The summed E-state index contributed by atoms with van der Waals surface area (Å²) in [6.45, 7) is 8.33. The molecule has 1 aliphatic rings. The number of fused-ring (bicyclic) bond motifs is 2. The van der Waals surface area contributed by atoms with Gasteiger partial charge in [-0.2, -0.15) is 5.10 Å². The molecular formula is C20H21N3O. The largest absolute Gasteiger partial charge is 0.294 e. The van der Waals surface area contributed by atoms with Crippen molar-refractivity contribution in [3.8, 4) is 11.1 Å². The fourth-order valence-electron chi connectivity index (χ4n) is 3.59. The Hall–Kier alpha value is -2.49. The first-order valence-electron chi connectivity index (χ1n) is 8.33. The molecule has 2 heterocycles. The smallest absolute Gasteiger partial charge is 0.166 e. The lowest BCUT2D eigenvalue weighted by atomic mass is 9.76. The maximum Gasteiger partial charge on any atom is 0.166 e. The molecule has 122 valence electrons. The second-order valence-electron chi connectivity index (χ2n) is 7.64. The number of nitrogens with zero attached hydrogens (tertiary/aromatic N) is 3. The number of hydrogen-bond donors (Lipinski definition) is 0. The first-order chi connectivity index (χ1) is 11.3. The zero-order valence-corrected chi connectivity index (χ0v) is 14.6. The molecule has 0 aliphatic heterocycles. The van der Waals surface area contributed by atoms with Crippen LogP contribution in [0.4, 0.5) is 0 Å². The van der Waals surface area contributed by atoms with E-state index in [0.717, 1.165) is 40.1 Å². The van der Waals surface area contributed by atoms with Gasteiger partial charge >= 0.3 is 0 Å². The molecule has 0 radical (unpaired) electrons. The van der Waals surface area contributed by atoms with Gasteiger partial charge in [0.1, 0.15) is 0 Å². The monoisotopic (exact) mass is 319 g/mol. The van der Waals surface area contributed by atoms with Crippen LogP contribution in [0.1, 0.15) is 47.6 Å². The zero-order chi connectivity index (χ0) is 17.1. The van der Waals surface area contributed by atoms with Crippen LogP contribution in [0.3, 0.4) is 0 Å². The molecule has 1 aromatic carbocycles.